The molecule has 0 atom stereocenters. The maximum Gasteiger partial charge on any atom is 0.333 e. The summed E-state index contributed by atoms with van der Waals surface area (Å²) in [4.78, 5) is 11.1. The average Bonchev–Trinajstić information content (AvgIpc) is 2.89. The minimum Gasteiger partial charge on any atom is -0.466 e. The van der Waals surface area contributed by atoms with Gasteiger partial charge in [0.25, 0.3) is 0 Å². The van der Waals surface area contributed by atoms with Crippen molar-refractivity contribution in [2.24, 2.45) is 0 Å². The number of ether oxygens (including phenoxy) is 4. The van der Waals surface area contributed by atoms with Crippen molar-refractivity contribution in [1.29, 1.82) is 0 Å². The predicted molar refractivity (Wildman–Crippen MR) is 68.0 cm³/mol. The van der Waals surface area contributed by atoms with Crippen molar-refractivity contribution < 1.29 is 23.7 Å². The minimum atomic E-state index is -0.341. The zero-order valence-corrected chi connectivity index (χ0v) is 11.0. The van der Waals surface area contributed by atoms with Crippen LogP contribution >= 0.6 is 0 Å². The molecule has 2 rings (SSSR count). The second-order valence-corrected chi connectivity index (χ2v) is 4.08. The summed E-state index contributed by atoms with van der Waals surface area (Å²) < 4.78 is 20.6. The Morgan fingerprint density at radius 3 is 2.95 bits per heavy atom. The molecule has 5 heteroatoms. The van der Waals surface area contributed by atoms with Crippen LogP contribution in [0.5, 0.6) is 11.5 Å². The van der Waals surface area contributed by atoms with Gasteiger partial charge in [-0.25, -0.2) is 4.79 Å². The Kier molecular flexibility index (Phi) is 4.41. The number of hydrogen-bond donors (Lipinski definition) is 0. The molecule has 0 aliphatic carbocycles. The quantitative estimate of drug-likeness (QED) is 0.463. The Morgan fingerprint density at radius 2 is 2.16 bits per heavy atom. The first-order chi connectivity index (χ1) is 9.20. The molecule has 1 heterocycles. The molecule has 0 N–H and O–H groups in total. The van der Waals surface area contributed by atoms with Crippen LogP contribution < -0.4 is 9.47 Å². The molecular formula is C14H16O5. The van der Waals surface area contributed by atoms with Crippen molar-refractivity contribution >= 4 is 5.97 Å². The highest BCUT2D eigenvalue weighted by Gasteiger charge is 2.12. The summed E-state index contributed by atoms with van der Waals surface area (Å²) in [5.74, 6) is 1.15. The highest BCUT2D eigenvalue weighted by Crippen LogP contribution is 2.32. The number of fused-ring (bicyclic) bond motifs is 1. The van der Waals surface area contributed by atoms with Crippen LogP contribution in [0.25, 0.3) is 0 Å². The number of carbonyl (C=O) groups excluding carboxylic acids is 1. The van der Waals surface area contributed by atoms with Crippen LogP contribution in [0.15, 0.2) is 29.8 Å². The van der Waals surface area contributed by atoms with E-state index in [0.29, 0.717) is 18.8 Å². The van der Waals surface area contributed by atoms with Crippen LogP contribution in [-0.4, -0.2) is 26.5 Å². The van der Waals surface area contributed by atoms with Crippen molar-refractivity contribution in [2.45, 2.75) is 13.5 Å². The van der Waals surface area contributed by atoms with Crippen LogP contribution in [-0.2, 0) is 20.9 Å². The number of esters is 1. The number of rotatable bonds is 5. The lowest BCUT2D eigenvalue weighted by atomic mass is 10.2. The fraction of sp³-hybridized carbons (Fsp3) is 0.357. The van der Waals surface area contributed by atoms with Crippen molar-refractivity contribution in [1.82, 2.24) is 0 Å². The van der Waals surface area contributed by atoms with Crippen molar-refractivity contribution in [3.8, 4) is 11.5 Å². The van der Waals surface area contributed by atoms with Crippen LogP contribution in [0.3, 0.4) is 0 Å². The van der Waals surface area contributed by atoms with E-state index >= 15 is 0 Å². The Labute approximate surface area is 111 Å². The van der Waals surface area contributed by atoms with Gasteiger partial charge in [0.15, 0.2) is 11.5 Å². The van der Waals surface area contributed by atoms with E-state index in [4.69, 9.17) is 14.2 Å². The van der Waals surface area contributed by atoms with Gasteiger partial charge in [0, 0.05) is 5.57 Å². The van der Waals surface area contributed by atoms with Gasteiger partial charge in [0.2, 0.25) is 6.79 Å². The fourth-order valence-corrected chi connectivity index (χ4v) is 1.64. The first-order valence-electron chi connectivity index (χ1n) is 5.92. The maximum absolute atomic E-state index is 11.1. The summed E-state index contributed by atoms with van der Waals surface area (Å²) in [6.07, 6.45) is 1.69. The molecule has 0 bridgehead atoms. The second-order valence-electron chi connectivity index (χ2n) is 4.08. The zero-order valence-electron chi connectivity index (χ0n) is 11.0. The summed E-state index contributed by atoms with van der Waals surface area (Å²) in [5.41, 5.74) is 1.53. The highest BCUT2D eigenvalue weighted by molar-refractivity contribution is 5.87. The summed E-state index contributed by atoms with van der Waals surface area (Å²) in [6.45, 7) is 2.76. The van der Waals surface area contributed by atoms with Gasteiger partial charge in [-0.3, -0.25) is 0 Å². The average molecular weight is 264 g/mol. The summed E-state index contributed by atoms with van der Waals surface area (Å²) in [6, 6.07) is 5.67. The van der Waals surface area contributed by atoms with Crippen LogP contribution in [0.1, 0.15) is 12.5 Å². The molecule has 0 unspecified atom stereocenters. The number of methoxy groups -OCH3 is 1. The van der Waals surface area contributed by atoms with E-state index in [9.17, 15) is 4.79 Å². The Balaban J connectivity index is 1.82. The van der Waals surface area contributed by atoms with Gasteiger partial charge in [0.05, 0.1) is 20.3 Å². The zero-order chi connectivity index (χ0) is 13.7. The molecule has 19 heavy (non-hydrogen) atoms. The van der Waals surface area contributed by atoms with Crippen LogP contribution in [0.4, 0.5) is 0 Å². The molecule has 0 spiro atoms. The third-order valence-electron chi connectivity index (χ3n) is 2.72. The molecule has 0 saturated heterocycles. The largest absolute Gasteiger partial charge is 0.466 e. The molecule has 0 aromatic heterocycles. The smallest absolute Gasteiger partial charge is 0.333 e. The molecule has 1 aliphatic heterocycles. The molecule has 1 aromatic rings. The van der Waals surface area contributed by atoms with E-state index in [1.165, 1.54) is 7.11 Å². The second kappa shape index (κ2) is 6.24. The van der Waals surface area contributed by atoms with Crippen molar-refractivity contribution in [3.63, 3.8) is 0 Å². The van der Waals surface area contributed by atoms with Gasteiger partial charge in [-0.2, -0.15) is 0 Å². The third-order valence-corrected chi connectivity index (χ3v) is 2.72. The van der Waals surface area contributed by atoms with Crippen LogP contribution in [0, 0.1) is 0 Å². The topological polar surface area (TPSA) is 54.0 Å². The van der Waals surface area contributed by atoms with E-state index < -0.39 is 0 Å². The molecule has 102 valence electrons. The monoisotopic (exact) mass is 264 g/mol. The fourth-order valence-electron chi connectivity index (χ4n) is 1.64. The molecule has 0 fully saturated rings. The van der Waals surface area contributed by atoms with Gasteiger partial charge < -0.3 is 18.9 Å². The Morgan fingerprint density at radius 1 is 1.37 bits per heavy atom. The minimum absolute atomic E-state index is 0.265. The molecule has 5 nitrogen and oxygen atoms in total. The lowest BCUT2D eigenvalue weighted by Crippen LogP contribution is -2.03. The SMILES string of the molecule is COC(=O)C(C)=CCOCc1ccc2c(c1)OCO2. The first kappa shape index (κ1) is 13.4. The van der Waals surface area contributed by atoms with Gasteiger partial charge in [0.1, 0.15) is 0 Å². The molecule has 1 aromatic carbocycles. The molecular weight excluding hydrogens is 248 g/mol. The summed E-state index contributed by atoms with van der Waals surface area (Å²) >= 11 is 0. The predicted octanol–water partition coefficient (Wildman–Crippen LogP) is 2.05. The lowest BCUT2D eigenvalue weighted by Gasteiger charge is -2.04. The molecule has 1 aliphatic rings. The van der Waals surface area contributed by atoms with Gasteiger partial charge in [-0.05, 0) is 30.7 Å². The van der Waals surface area contributed by atoms with Crippen LogP contribution in [0.2, 0.25) is 0 Å². The Hall–Kier alpha value is -2.01. The molecule has 0 amide bonds. The van der Waals surface area contributed by atoms with Crippen molar-refractivity contribution in [2.75, 3.05) is 20.5 Å². The summed E-state index contributed by atoms with van der Waals surface area (Å²) in [7, 11) is 1.35. The van der Waals surface area contributed by atoms with E-state index in [1.54, 1.807) is 13.0 Å². The van der Waals surface area contributed by atoms with E-state index in [1.807, 2.05) is 18.2 Å². The normalized spacial score (nSPS) is 13.5. The van der Waals surface area contributed by atoms with Crippen molar-refractivity contribution in [3.05, 3.63) is 35.4 Å². The number of benzene rings is 1. The third kappa shape index (κ3) is 3.48. The van der Waals surface area contributed by atoms with E-state index in [0.717, 1.165) is 17.1 Å². The summed E-state index contributed by atoms with van der Waals surface area (Å²) in [5, 5.41) is 0. The van der Waals surface area contributed by atoms with E-state index in [-0.39, 0.29) is 12.8 Å². The molecule has 0 radical (unpaired) electrons. The van der Waals surface area contributed by atoms with Gasteiger partial charge >= 0.3 is 5.97 Å². The number of hydrogen-bond acceptors (Lipinski definition) is 5. The standard InChI is InChI=1S/C14H16O5/c1-10(14(15)16-2)5-6-17-8-11-3-4-12-13(7-11)19-9-18-12/h3-5,7H,6,8-9H2,1-2H3. The number of carbonyl (C=O) groups is 1. The van der Waals surface area contributed by atoms with Gasteiger partial charge in [-0.15, -0.1) is 0 Å². The highest BCUT2D eigenvalue weighted by atomic mass is 16.7. The lowest BCUT2D eigenvalue weighted by molar-refractivity contribution is -0.136. The Bertz CT molecular complexity index is 493. The molecule has 0 saturated carbocycles. The first-order valence-corrected chi connectivity index (χ1v) is 5.92. The maximum atomic E-state index is 11.1. The van der Waals surface area contributed by atoms with E-state index in [2.05, 4.69) is 4.74 Å². The van der Waals surface area contributed by atoms with Gasteiger partial charge in [-0.1, -0.05) is 6.07 Å².